The van der Waals surface area contributed by atoms with Crippen LogP contribution in [0.3, 0.4) is 0 Å². The number of benzene rings is 1. The van der Waals surface area contributed by atoms with Crippen molar-refractivity contribution >= 4 is 5.69 Å². The second kappa shape index (κ2) is 6.16. The Balaban J connectivity index is 2.81. The molecule has 5 heteroatoms. The zero-order chi connectivity index (χ0) is 12.8. The molecule has 1 unspecified atom stereocenters. The van der Waals surface area contributed by atoms with Gasteiger partial charge in [-0.3, -0.25) is 0 Å². The number of nitrogens with one attached hydrogen (secondary N) is 1. The number of anilines is 1. The quantitative estimate of drug-likeness (QED) is 0.831. The molecule has 0 radical (unpaired) electrons. The van der Waals surface area contributed by atoms with Crippen molar-refractivity contribution in [1.82, 2.24) is 0 Å². The van der Waals surface area contributed by atoms with E-state index in [9.17, 15) is 8.78 Å². The van der Waals surface area contributed by atoms with Crippen molar-refractivity contribution in [3.05, 3.63) is 29.3 Å². The highest BCUT2D eigenvalue weighted by molar-refractivity contribution is 5.50. The second-order valence-corrected chi connectivity index (χ2v) is 3.84. The summed E-state index contributed by atoms with van der Waals surface area (Å²) in [6.07, 6.45) is 1.17. The van der Waals surface area contributed by atoms with Gasteiger partial charge in [0.25, 0.3) is 0 Å². The molecule has 0 aliphatic heterocycles. The summed E-state index contributed by atoms with van der Waals surface area (Å²) in [5.74, 6) is -1.56. The number of nitrogens with zero attached hydrogens (tertiary/aromatic N) is 1. The number of aliphatic hydroxyl groups is 1. The molecule has 0 bridgehead atoms. The standard InChI is InChI=1S/C12H14F2N2O/c1-8(3-2-4-17)16-12-10(13)5-9(7-15)6-11(12)14/h5-6,8,16-17H,2-4H2,1H3. The molecule has 0 fully saturated rings. The third kappa shape index (κ3) is 3.68. The maximum Gasteiger partial charge on any atom is 0.150 e. The van der Waals surface area contributed by atoms with Crippen LogP contribution in [0, 0.1) is 23.0 Å². The first-order valence-electron chi connectivity index (χ1n) is 5.35. The van der Waals surface area contributed by atoms with Crippen molar-refractivity contribution in [2.24, 2.45) is 0 Å². The summed E-state index contributed by atoms with van der Waals surface area (Å²) in [7, 11) is 0. The van der Waals surface area contributed by atoms with Crippen molar-refractivity contribution in [1.29, 1.82) is 5.26 Å². The highest BCUT2D eigenvalue weighted by atomic mass is 19.1. The molecule has 17 heavy (non-hydrogen) atoms. The lowest BCUT2D eigenvalue weighted by Gasteiger charge is -2.16. The fourth-order valence-electron chi connectivity index (χ4n) is 1.49. The predicted octanol–water partition coefficient (Wildman–Crippen LogP) is 2.41. The summed E-state index contributed by atoms with van der Waals surface area (Å²) in [4.78, 5) is 0. The van der Waals surface area contributed by atoms with E-state index in [0.29, 0.717) is 12.8 Å². The molecule has 0 aromatic heterocycles. The van der Waals surface area contributed by atoms with Gasteiger partial charge in [0.2, 0.25) is 0 Å². The summed E-state index contributed by atoms with van der Waals surface area (Å²) >= 11 is 0. The van der Waals surface area contributed by atoms with E-state index >= 15 is 0 Å². The zero-order valence-corrected chi connectivity index (χ0v) is 9.50. The Bertz CT molecular complexity index is 406. The molecule has 1 rings (SSSR count). The number of aliphatic hydroxyl groups excluding tert-OH is 1. The number of hydrogen-bond donors (Lipinski definition) is 2. The SMILES string of the molecule is CC(CCCO)Nc1c(F)cc(C#N)cc1F. The van der Waals surface area contributed by atoms with E-state index in [1.54, 1.807) is 13.0 Å². The molecule has 0 saturated carbocycles. The molecule has 2 N–H and O–H groups in total. The van der Waals surface area contributed by atoms with Crippen LogP contribution in [-0.4, -0.2) is 17.8 Å². The molecule has 0 spiro atoms. The van der Waals surface area contributed by atoms with Gasteiger partial charge in [-0.15, -0.1) is 0 Å². The Kier molecular flexibility index (Phi) is 4.85. The lowest BCUT2D eigenvalue weighted by atomic mass is 10.1. The monoisotopic (exact) mass is 240 g/mol. The van der Waals surface area contributed by atoms with E-state index in [1.807, 2.05) is 0 Å². The Morgan fingerprint density at radius 2 is 2.00 bits per heavy atom. The molecular formula is C12H14F2N2O. The molecule has 0 amide bonds. The van der Waals surface area contributed by atoms with Crippen LogP contribution in [0.1, 0.15) is 25.3 Å². The molecular weight excluding hydrogens is 226 g/mol. The zero-order valence-electron chi connectivity index (χ0n) is 9.50. The van der Waals surface area contributed by atoms with Gasteiger partial charge in [-0.2, -0.15) is 5.26 Å². The van der Waals surface area contributed by atoms with Crippen molar-refractivity contribution in [3.63, 3.8) is 0 Å². The third-order valence-corrected chi connectivity index (χ3v) is 2.36. The average Bonchev–Trinajstić information content (AvgIpc) is 2.30. The summed E-state index contributed by atoms with van der Waals surface area (Å²) < 4.78 is 27.0. The molecule has 3 nitrogen and oxygen atoms in total. The molecule has 0 saturated heterocycles. The largest absolute Gasteiger partial charge is 0.396 e. The summed E-state index contributed by atoms with van der Waals surface area (Å²) in [5.41, 5.74) is -0.275. The minimum absolute atomic E-state index is 0.0460. The Morgan fingerprint density at radius 3 is 2.47 bits per heavy atom. The van der Waals surface area contributed by atoms with E-state index in [1.165, 1.54) is 0 Å². The predicted molar refractivity (Wildman–Crippen MR) is 60.5 cm³/mol. The molecule has 92 valence electrons. The van der Waals surface area contributed by atoms with Crippen LogP contribution < -0.4 is 5.32 Å². The molecule has 1 aromatic rings. The van der Waals surface area contributed by atoms with Gasteiger partial charge in [0, 0.05) is 12.6 Å². The number of rotatable bonds is 5. The van der Waals surface area contributed by atoms with Crippen LogP contribution in [0.15, 0.2) is 12.1 Å². The lowest BCUT2D eigenvalue weighted by Crippen LogP contribution is -2.17. The van der Waals surface area contributed by atoms with Crippen LogP contribution >= 0.6 is 0 Å². The molecule has 0 heterocycles. The first-order chi connectivity index (χ1) is 8.08. The summed E-state index contributed by atoms with van der Waals surface area (Å²) in [6.45, 7) is 1.82. The van der Waals surface area contributed by atoms with Crippen LogP contribution in [0.2, 0.25) is 0 Å². The Morgan fingerprint density at radius 1 is 1.41 bits per heavy atom. The average molecular weight is 240 g/mol. The van der Waals surface area contributed by atoms with E-state index in [2.05, 4.69) is 5.32 Å². The van der Waals surface area contributed by atoms with E-state index in [-0.39, 0.29) is 23.9 Å². The number of hydrogen-bond acceptors (Lipinski definition) is 3. The number of halogens is 2. The smallest absolute Gasteiger partial charge is 0.150 e. The van der Waals surface area contributed by atoms with Gasteiger partial charge in [0.1, 0.15) is 5.69 Å². The fourth-order valence-corrected chi connectivity index (χ4v) is 1.49. The number of nitriles is 1. The van der Waals surface area contributed by atoms with Crippen molar-refractivity contribution in [2.45, 2.75) is 25.8 Å². The van der Waals surface area contributed by atoms with Crippen molar-refractivity contribution in [2.75, 3.05) is 11.9 Å². The first kappa shape index (κ1) is 13.4. The summed E-state index contributed by atoms with van der Waals surface area (Å²) in [5, 5.41) is 19.9. The molecule has 0 aliphatic carbocycles. The topological polar surface area (TPSA) is 56.0 Å². The van der Waals surface area contributed by atoms with Crippen molar-refractivity contribution in [3.8, 4) is 6.07 Å². The highest BCUT2D eigenvalue weighted by Crippen LogP contribution is 2.22. The maximum atomic E-state index is 13.5. The maximum absolute atomic E-state index is 13.5. The van der Waals surface area contributed by atoms with Gasteiger partial charge in [-0.05, 0) is 31.9 Å². The molecule has 1 aromatic carbocycles. The van der Waals surface area contributed by atoms with Gasteiger partial charge in [-0.1, -0.05) is 0 Å². The van der Waals surface area contributed by atoms with Gasteiger partial charge in [-0.25, -0.2) is 8.78 Å². The molecule has 0 aliphatic rings. The second-order valence-electron chi connectivity index (χ2n) is 3.84. The van der Waals surface area contributed by atoms with Crippen LogP contribution in [-0.2, 0) is 0 Å². The minimum atomic E-state index is -0.780. The van der Waals surface area contributed by atoms with Gasteiger partial charge >= 0.3 is 0 Å². The minimum Gasteiger partial charge on any atom is -0.396 e. The van der Waals surface area contributed by atoms with Crippen LogP contribution in [0.25, 0.3) is 0 Å². The normalized spacial score (nSPS) is 11.9. The van der Waals surface area contributed by atoms with Crippen molar-refractivity contribution < 1.29 is 13.9 Å². The third-order valence-electron chi connectivity index (χ3n) is 2.36. The van der Waals surface area contributed by atoms with Gasteiger partial charge < -0.3 is 10.4 Å². The Hall–Kier alpha value is -1.67. The van der Waals surface area contributed by atoms with Crippen LogP contribution in [0.4, 0.5) is 14.5 Å². The highest BCUT2D eigenvalue weighted by Gasteiger charge is 2.13. The van der Waals surface area contributed by atoms with E-state index in [0.717, 1.165) is 12.1 Å². The molecule has 1 atom stereocenters. The Labute approximate surface area is 98.7 Å². The van der Waals surface area contributed by atoms with Gasteiger partial charge in [0.05, 0.1) is 11.6 Å². The van der Waals surface area contributed by atoms with Gasteiger partial charge in [0.15, 0.2) is 11.6 Å². The first-order valence-corrected chi connectivity index (χ1v) is 5.35. The fraction of sp³-hybridized carbons (Fsp3) is 0.417. The summed E-state index contributed by atoms with van der Waals surface area (Å²) in [6, 6.07) is 3.51. The van der Waals surface area contributed by atoms with Crippen LogP contribution in [0.5, 0.6) is 0 Å². The van der Waals surface area contributed by atoms with E-state index in [4.69, 9.17) is 10.4 Å². The lowest BCUT2D eigenvalue weighted by molar-refractivity contribution is 0.282. The van der Waals surface area contributed by atoms with E-state index < -0.39 is 11.6 Å².